The van der Waals surface area contributed by atoms with Gasteiger partial charge in [0.25, 0.3) is 0 Å². The molecule has 36 heavy (non-hydrogen) atoms. The Morgan fingerprint density at radius 3 is 2.72 bits per heavy atom. The highest BCUT2D eigenvalue weighted by atomic mass is 19.1. The fourth-order valence-electron chi connectivity index (χ4n) is 6.64. The predicted octanol–water partition coefficient (Wildman–Crippen LogP) is 2.67. The van der Waals surface area contributed by atoms with Gasteiger partial charge >= 0.3 is 6.03 Å². The number of hydrogen-bond acceptors (Lipinski definition) is 6. The van der Waals surface area contributed by atoms with Gasteiger partial charge in [-0.25, -0.2) is 29.0 Å². The number of likely N-dealkylation sites (tertiary alicyclic amines) is 1. The van der Waals surface area contributed by atoms with Crippen molar-refractivity contribution in [1.29, 1.82) is 0 Å². The Labute approximate surface area is 209 Å². The van der Waals surface area contributed by atoms with Crippen molar-refractivity contribution < 1.29 is 13.6 Å². The molecule has 1 aliphatic carbocycles. The van der Waals surface area contributed by atoms with Gasteiger partial charge in [0.15, 0.2) is 0 Å². The van der Waals surface area contributed by atoms with Crippen LogP contribution in [0.15, 0.2) is 30.6 Å². The molecule has 3 saturated heterocycles. The largest absolute Gasteiger partial charge is 0.335 e. The van der Waals surface area contributed by atoms with E-state index in [-0.39, 0.29) is 24.2 Å². The zero-order valence-electron chi connectivity index (χ0n) is 20.5. The number of urea groups is 1. The second kappa shape index (κ2) is 9.64. The van der Waals surface area contributed by atoms with Gasteiger partial charge in [0.1, 0.15) is 17.5 Å². The summed E-state index contributed by atoms with van der Waals surface area (Å²) in [5, 5.41) is 3.29. The molecule has 10 heteroatoms. The third-order valence-corrected chi connectivity index (χ3v) is 8.51. The molecule has 2 aromatic rings. The molecule has 6 rings (SSSR count). The van der Waals surface area contributed by atoms with Crippen LogP contribution in [0.4, 0.5) is 13.6 Å². The van der Waals surface area contributed by atoms with Crippen LogP contribution in [0.25, 0.3) is 0 Å². The molecule has 1 saturated carbocycles. The molecular formula is C26H33F2N7O. The fourth-order valence-corrected chi connectivity index (χ4v) is 6.64. The maximum atomic E-state index is 14.2. The van der Waals surface area contributed by atoms with Crippen LogP contribution in [-0.4, -0.2) is 63.6 Å². The highest BCUT2D eigenvalue weighted by Gasteiger charge is 2.48. The summed E-state index contributed by atoms with van der Waals surface area (Å²) < 4.78 is 27.5. The third-order valence-electron chi connectivity index (χ3n) is 8.51. The average molecular weight is 498 g/mol. The molecule has 1 aromatic carbocycles. The molecule has 8 nitrogen and oxygen atoms in total. The average Bonchev–Trinajstić information content (AvgIpc) is 3.27. The number of fused-ring (bicyclic) bond motifs is 2. The van der Waals surface area contributed by atoms with E-state index in [1.54, 1.807) is 0 Å². The lowest BCUT2D eigenvalue weighted by molar-refractivity contribution is 0.0521. The van der Waals surface area contributed by atoms with Crippen LogP contribution in [-0.2, 0) is 6.54 Å². The van der Waals surface area contributed by atoms with Crippen LogP contribution >= 0.6 is 0 Å². The van der Waals surface area contributed by atoms with Crippen LogP contribution in [0.1, 0.15) is 48.7 Å². The maximum Gasteiger partial charge on any atom is 0.317 e. The molecule has 5 unspecified atom stereocenters. The minimum absolute atomic E-state index is 0.00366. The van der Waals surface area contributed by atoms with Crippen LogP contribution in [0.3, 0.4) is 0 Å². The molecule has 4 heterocycles. The standard InChI is InChI=1S/C26H33F2N7O/c1-15-29-10-18(11-30-15)25-21-7-17-13-35(26(36)31-23(17)9-24(21)32-33-25)20-3-2-6-34(14-20)12-16-4-5-19(27)8-22(16)28/h4-5,8,10-11,17,20-21,23-25,32-33H,2-3,6-7,9,12-14H2,1H3,(H,31,36)/t17?,20-,21?,23?,24?,25?/m1/s1. The molecule has 2 amide bonds. The highest BCUT2D eigenvalue weighted by molar-refractivity contribution is 5.76. The lowest BCUT2D eigenvalue weighted by Crippen LogP contribution is -2.64. The van der Waals surface area contributed by atoms with Gasteiger partial charge in [-0.05, 0) is 57.1 Å². The van der Waals surface area contributed by atoms with Crippen LogP contribution in [0.5, 0.6) is 0 Å². The molecule has 3 aliphatic heterocycles. The minimum atomic E-state index is -0.563. The van der Waals surface area contributed by atoms with Crippen molar-refractivity contribution in [2.45, 2.75) is 63.3 Å². The summed E-state index contributed by atoms with van der Waals surface area (Å²) in [6.45, 7) is 4.59. The quantitative estimate of drug-likeness (QED) is 0.603. The Morgan fingerprint density at radius 2 is 1.92 bits per heavy atom. The topological polar surface area (TPSA) is 85.4 Å². The predicted molar refractivity (Wildman–Crippen MR) is 129 cm³/mol. The number of benzene rings is 1. The van der Waals surface area contributed by atoms with Gasteiger partial charge in [-0.15, -0.1) is 0 Å². The van der Waals surface area contributed by atoms with Crippen molar-refractivity contribution in [3.63, 3.8) is 0 Å². The van der Waals surface area contributed by atoms with E-state index < -0.39 is 11.6 Å². The Kier molecular flexibility index (Phi) is 6.35. The molecule has 0 spiro atoms. The number of nitrogens with one attached hydrogen (secondary N) is 3. The first-order valence-corrected chi connectivity index (χ1v) is 13.0. The number of nitrogens with zero attached hydrogens (tertiary/aromatic N) is 4. The highest BCUT2D eigenvalue weighted by Crippen LogP contribution is 2.42. The Hall–Kier alpha value is -2.69. The van der Waals surface area contributed by atoms with E-state index in [2.05, 4.69) is 31.0 Å². The van der Waals surface area contributed by atoms with Crippen molar-refractivity contribution in [3.05, 3.63) is 59.2 Å². The third kappa shape index (κ3) is 4.57. The number of hydrazine groups is 1. The van der Waals surface area contributed by atoms with E-state index in [0.717, 1.165) is 56.2 Å². The Morgan fingerprint density at radius 1 is 1.08 bits per heavy atom. The molecule has 0 radical (unpaired) electrons. The zero-order valence-corrected chi connectivity index (χ0v) is 20.5. The summed E-state index contributed by atoms with van der Waals surface area (Å²) in [5.74, 6) is 0.453. The number of carbonyl (C=O) groups excluding carboxylic acids is 1. The van der Waals surface area contributed by atoms with E-state index in [1.165, 1.54) is 12.1 Å². The van der Waals surface area contributed by atoms with Crippen LogP contribution in [0.2, 0.25) is 0 Å². The first kappa shape index (κ1) is 23.7. The minimum Gasteiger partial charge on any atom is -0.335 e. The second-order valence-electron chi connectivity index (χ2n) is 10.8. The lowest BCUT2D eigenvalue weighted by Gasteiger charge is -2.49. The summed E-state index contributed by atoms with van der Waals surface area (Å²) in [7, 11) is 0. The maximum absolute atomic E-state index is 14.2. The van der Waals surface area contributed by atoms with Gasteiger partial charge in [0.2, 0.25) is 0 Å². The van der Waals surface area contributed by atoms with Gasteiger partial charge in [-0.1, -0.05) is 6.07 Å². The van der Waals surface area contributed by atoms with Gasteiger partial charge in [-0.2, -0.15) is 0 Å². The van der Waals surface area contributed by atoms with E-state index >= 15 is 0 Å². The SMILES string of the molecule is Cc1ncc(C2NNC3CC4NC(=O)N([C@@H]5CCCN(Cc6ccc(F)cc6F)C5)CC4CC32)cn1. The first-order valence-electron chi connectivity index (χ1n) is 13.0. The van der Waals surface area contributed by atoms with Crippen molar-refractivity contribution >= 4 is 6.03 Å². The molecule has 4 aliphatic rings. The molecule has 6 atom stereocenters. The number of carbonyl (C=O) groups is 1. The number of piperidine rings is 1. The lowest BCUT2D eigenvalue weighted by atomic mass is 9.71. The van der Waals surface area contributed by atoms with Gasteiger partial charge < -0.3 is 10.2 Å². The van der Waals surface area contributed by atoms with E-state index in [0.29, 0.717) is 36.5 Å². The van der Waals surface area contributed by atoms with Gasteiger partial charge in [0, 0.05) is 67.3 Å². The molecule has 0 bridgehead atoms. The van der Waals surface area contributed by atoms with E-state index in [4.69, 9.17) is 0 Å². The van der Waals surface area contributed by atoms with Crippen molar-refractivity contribution in [1.82, 2.24) is 35.9 Å². The molecular weight excluding hydrogens is 464 g/mol. The summed E-state index contributed by atoms with van der Waals surface area (Å²) in [6, 6.07) is 4.45. The van der Waals surface area contributed by atoms with E-state index in [1.807, 2.05) is 24.2 Å². The number of rotatable bonds is 4. The number of hydrogen-bond donors (Lipinski definition) is 3. The molecule has 4 fully saturated rings. The number of halogens is 2. The first-order chi connectivity index (χ1) is 17.4. The van der Waals surface area contributed by atoms with Crippen molar-refractivity contribution in [2.24, 2.45) is 11.8 Å². The summed E-state index contributed by atoms with van der Waals surface area (Å²) in [5.41, 5.74) is 8.48. The molecule has 192 valence electrons. The zero-order chi connectivity index (χ0) is 24.8. The van der Waals surface area contributed by atoms with Gasteiger partial charge in [0.05, 0.1) is 6.04 Å². The number of aryl methyl sites for hydroxylation is 1. The normalized spacial score (nSPS) is 32.6. The fraction of sp³-hybridized carbons (Fsp3) is 0.577. The van der Waals surface area contributed by atoms with E-state index in [9.17, 15) is 13.6 Å². The molecule has 1 aromatic heterocycles. The van der Waals surface area contributed by atoms with Crippen LogP contribution < -0.4 is 16.2 Å². The summed E-state index contributed by atoms with van der Waals surface area (Å²) in [6.07, 6.45) is 7.59. The second-order valence-corrected chi connectivity index (χ2v) is 10.8. The summed E-state index contributed by atoms with van der Waals surface area (Å²) >= 11 is 0. The molecule has 3 N–H and O–H groups in total. The van der Waals surface area contributed by atoms with Gasteiger partial charge in [-0.3, -0.25) is 10.3 Å². The smallest absolute Gasteiger partial charge is 0.317 e. The monoisotopic (exact) mass is 497 g/mol. The van der Waals surface area contributed by atoms with Crippen LogP contribution in [0, 0.1) is 30.4 Å². The Balaban J connectivity index is 1.12. The number of aromatic nitrogens is 2. The van der Waals surface area contributed by atoms with Crippen molar-refractivity contribution in [2.75, 3.05) is 19.6 Å². The van der Waals surface area contributed by atoms with Crippen molar-refractivity contribution in [3.8, 4) is 0 Å². The Bertz CT molecular complexity index is 1120. The summed E-state index contributed by atoms with van der Waals surface area (Å²) in [4.78, 5) is 26.1. The number of amides is 2.